The van der Waals surface area contributed by atoms with Crippen LogP contribution >= 0.6 is 11.8 Å². The molecule has 2 N–H and O–H groups in total. The Morgan fingerprint density at radius 2 is 2.45 bits per heavy atom. The van der Waals surface area contributed by atoms with Crippen molar-refractivity contribution in [2.75, 3.05) is 18.1 Å². The minimum Gasteiger partial charge on any atom is -0.396 e. The van der Waals surface area contributed by atoms with E-state index in [1.807, 2.05) is 11.8 Å². The fourth-order valence-corrected chi connectivity index (χ4v) is 2.79. The fraction of sp³-hybridized carbons (Fsp3) is 1.00. The Hall–Kier alpha value is 0.270. The van der Waals surface area contributed by atoms with E-state index < -0.39 is 0 Å². The molecule has 1 heterocycles. The second kappa shape index (κ2) is 3.33. The second-order valence-corrected chi connectivity index (χ2v) is 4.66. The van der Waals surface area contributed by atoms with Gasteiger partial charge in [-0.15, -0.1) is 0 Å². The first-order chi connectivity index (χ1) is 5.40. The van der Waals surface area contributed by atoms with Crippen LogP contribution in [0.15, 0.2) is 0 Å². The standard InChI is InChI=1S/C8H15NOS/c10-4-6-3-8(6)9-7-1-2-11-5-7/h6-10H,1-5H2. The smallest absolute Gasteiger partial charge is 0.0474 e. The van der Waals surface area contributed by atoms with Crippen molar-refractivity contribution in [3.63, 3.8) is 0 Å². The van der Waals surface area contributed by atoms with Crippen LogP contribution in [0.25, 0.3) is 0 Å². The van der Waals surface area contributed by atoms with Crippen molar-refractivity contribution in [1.82, 2.24) is 5.32 Å². The molecule has 0 amide bonds. The Morgan fingerprint density at radius 3 is 3.00 bits per heavy atom. The van der Waals surface area contributed by atoms with Gasteiger partial charge in [-0.05, 0) is 24.5 Å². The van der Waals surface area contributed by atoms with Crippen molar-refractivity contribution in [2.24, 2.45) is 5.92 Å². The minimum absolute atomic E-state index is 0.373. The Morgan fingerprint density at radius 1 is 1.55 bits per heavy atom. The number of thioether (sulfide) groups is 1. The van der Waals surface area contributed by atoms with E-state index in [1.54, 1.807) is 0 Å². The average Bonchev–Trinajstić information content (AvgIpc) is 2.54. The van der Waals surface area contributed by atoms with Gasteiger partial charge in [0, 0.05) is 24.4 Å². The first kappa shape index (κ1) is 7.90. The average molecular weight is 173 g/mol. The molecule has 1 aliphatic carbocycles. The molecule has 1 saturated carbocycles. The Kier molecular flexibility index (Phi) is 2.39. The van der Waals surface area contributed by atoms with Crippen LogP contribution < -0.4 is 5.32 Å². The van der Waals surface area contributed by atoms with E-state index in [0.717, 1.165) is 6.04 Å². The Labute approximate surface area is 71.7 Å². The maximum Gasteiger partial charge on any atom is 0.0474 e. The maximum atomic E-state index is 8.81. The number of aliphatic hydroxyl groups excluding tert-OH is 1. The first-order valence-electron chi connectivity index (χ1n) is 4.35. The van der Waals surface area contributed by atoms with E-state index in [-0.39, 0.29) is 0 Å². The van der Waals surface area contributed by atoms with Gasteiger partial charge >= 0.3 is 0 Å². The third kappa shape index (κ3) is 1.89. The fourth-order valence-electron chi connectivity index (χ4n) is 1.62. The third-order valence-corrected chi connectivity index (χ3v) is 3.70. The van der Waals surface area contributed by atoms with E-state index in [1.165, 1.54) is 24.3 Å². The molecule has 3 heteroatoms. The van der Waals surface area contributed by atoms with Gasteiger partial charge in [-0.1, -0.05) is 0 Å². The molecule has 64 valence electrons. The van der Waals surface area contributed by atoms with Gasteiger partial charge in [0.05, 0.1) is 0 Å². The zero-order valence-corrected chi connectivity index (χ0v) is 7.44. The lowest BCUT2D eigenvalue weighted by Crippen LogP contribution is -2.31. The molecule has 0 radical (unpaired) electrons. The molecule has 0 aromatic carbocycles. The Bertz CT molecular complexity index is 136. The molecule has 0 aromatic rings. The zero-order valence-electron chi connectivity index (χ0n) is 6.62. The highest BCUT2D eigenvalue weighted by Crippen LogP contribution is 2.31. The van der Waals surface area contributed by atoms with E-state index >= 15 is 0 Å². The lowest BCUT2D eigenvalue weighted by Gasteiger charge is -2.09. The van der Waals surface area contributed by atoms with Crippen LogP contribution in [0.5, 0.6) is 0 Å². The highest BCUT2D eigenvalue weighted by molar-refractivity contribution is 7.99. The number of hydrogen-bond donors (Lipinski definition) is 2. The molecule has 2 rings (SSSR count). The lowest BCUT2D eigenvalue weighted by molar-refractivity contribution is 0.269. The van der Waals surface area contributed by atoms with Crippen LogP contribution in [0.4, 0.5) is 0 Å². The van der Waals surface area contributed by atoms with Gasteiger partial charge in [0.2, 0.25) is 0 Å². The number of hydrogen-bond acceptors (Lipinski definition) is 3. The lowest BCUT2D eigenvalue weighted by atomic mass is 10.2. The van der Waals surface area contributed by atoms with Crippen molar-refractivity contribution in [3.8, 4) is 0 Å². The number of aliphatic hydroxyl groups is 1. The molecule has 2 fully saturated rings. The molecule has 0 bridgehead atoms. The molecule has 3 atom stereocenters. The summed E-state index contributed by atoms with van der Waals surface area (Å²) in [5.74, 6) is 3.16. The Balaban J connectivity index is 1.66. The number of rotatable bonds is 3. The van der Waals surface area contributed by atoms with Crippen LogP contribution in [0.3, 0.4) is 0 Å². The van der Waals surface area contributed by atoms with Gasteiger partial charge in [0.15, 0.2) is 0 Å². The highest BCUT2D eigenvalue weighted by Gasteiger charge is 2.37. The summed E-state index contributed by atoms with van der Waals surface area (Å²) in [6.07, 6.45) is 2.51. The van der Waals surface area contributed by atoms with E-state index in [4.69, 9.17) is 5.11 Å². The molecule has 0 aromatic heterocycles. The highest BCUT2D eigenvalue weighted by atomic mass is 32.2. The molecule has 1 saturated heterocycles. The number of nitrogens with one attached hydrogen (secondary N) is 1. The predicted octanol–water partition coefficient (Wildman–Crippen LogP) is 0.462. The van der Waals surface area contributed by atoms with Crippen molar-refractivity contribution in [1.29, 1.82) is 0 Å². The van der Waals surface area contributed by atoms with Gasteiger partial charge in [-0.25, -0.2) is 0 Å². The maximum absolute atomic E-state index is 8.81. The summed E-state index contributed by atoms with van der Waals surface area (Å²) >= 11 is 2.04. The van der Waals surface area contributed by atoms with Crippen molar-refractivity contribution in [3.05, 3.63) is 0 Å². The van der Waals surface area contributed by atoms with E-state index in [0.29, 0.717) is 18.6 Å². The molecule has 2 aliphatic rings. The molecular formula is C8H15NOS. The summed E-state index contributed by atoms with van der Waals surface area (Å²) in [5.41, 5.74) is 0. The predicted molar refractivity (Wildman–Crippen MR) is 47.8 cm³/mol. The van der Waals surface area contributed by atoms with Gasteiger partial charge < -0.3 is 10.4 Å². The minimum atomic E-state index is 0.373. The summed E-state index contributed by atoms with van der Waals surface area (Å²) in [6.45, 7) is 0.373. The van der Waals surface area contributed by atoms with Crippen molar-refractivity contribution >= 4 is 11.8 Å². The summed E-state index contributed by atoms with van der Waals surface area (Å²) < 4.78 is 0. The van der Waals surface area contributed by atoms with Gasteiger partial charge in [-0.3, -0.25) is 0 Å². The summed E-state index contributed by atoms with van der Waals surface area (Å²) in [4.78, 5) is 0. The van der Waals surface area contributed by atoms with Gasteiger partial charge in [0.25, 0.3) is 0 Å². The van der Waals surface area contributed by atoms with E-state index in [2.05, 4.69) is 5.32 Å². The van der Waals surface area contributed by atoms with Gasteiger partial charge in [0.1, 0.15) is 0 Å². The zero-order chi connectivity index (χ0) is 7.68. The first-order valence-corrected chi connectivity index (χ1v) is 5.50. The second-order valence-electron chi connectivity index (χ2n) is 3.51. The SMILES string of the molecule is OCC1CC1NC1CCSC1. The summed E-state index contributed by atoms with van der Waals surface area (Å²) in [5, 5.41) is 12.4. The van der Waals surface area contributed by atoms with Gasteiger partial charge in [-0.2, -0.15) is 11.8 Å². The van der Waals surface area contributed by atoms with Crippen molar-refractivity contribution < 1.29 is 5.11 Å². The molecule has 3 unspecified atom stereocenters. The van der Waals surface area contributed by atoms with E-state index in [9.17, 15) is 0 Å². The molecule has 11 heavy (non-hydrogen) atoms. The molecule has 0 spiro atoms. The largest absolute Gasteiger partial charge is 0.396 e. The third-order valence-electron chi connectivity index (χ3n) is 2.54. The van der Waals surface area contributed by atoms with Crippen LogP contribution in [0.1, 0.15) is 12.8 Å². The summed E-state index contributed by atoms with van der Waals surface area (Å²) in [6, 6.07) is 1.38. The summed E-state index contributed by atoms with van der Waals surface area (Å²) in [7, 11) is 0. The topological polar surface area (TPSA) is 32.3 Å². The monoisotopic (exact) mass is 173 g/mol. The van der Waals surface area contributed by atoms with Crippen LogP contribution in [-0.4, -0.2) is 35.3 Å². The molecular weight excluding hydrogens is 158 g/mol. The molecule has 1 aliphatic heterocycles. The van der Waals surface area contributed by atoms with Crippen LogP contribution in [0.2, 0.25) is 0 Å². The van der Waals surface area contributed by atoms with Crippen LogP contribution in [-0.2, 0) is 0 Å². The quantitative estimate of drug-likeness (QED) is 0.650. The molecule has 2 nitrogen and oxygen atoms in total. The normalized spacial score (nSPS) is 42.8. The van der Waals surface area contributed by atoms with Crippen LogP contribution in [0, 0.1) is 5.92 Å². The van der Waals surface area contributed by atoms with Crippen molar-refractivity contribution in [2.45, 2.75) is 24.9 Å².